The molecular formula is C20H21NO2. The van der Waals surface area contributed by atoms with Gasteiger partial charge in [-0.25, -0.2) is 0 Å². The van der Waals surface area contributed by atoms with E-state index >= 15 is 0 Å². The van der Waals surface area contributed by atoms with E-state index in [-0.39, 0.29) is 6.42 Å². The predicted molar refractivity (Wildman–Crippen MR) is 92.9 cm³/mol. The van der Waals surface area contributed by atoms with Gasteiger partial charge < -0.3 is 9.67 Å². The van der Waals surface area contributed by atoms with Crippen molar-refractivity contribution in [2.45, 2.75) is 33.2 Å². The second kappa shape index (κ2) is 6.29. The highest BCUT2D eigenvalue weighted by atomic mass is 16.4. The van der Waals surface area contributed by atoms with Gasteiger partial charge >= 0.3 is 5.97 Å². The second-order valence-corrected chi connectivity index (χ2v) is 5.94. The molecule has 0 fully saturated rings. The number of hydrogen-bond donors (Lipinski definition) is 1. The molecule has 0 amide bonds. The first-order valence-electron chi connectivity index (χ1n) is 7.96. The Morgan fingerprint density at radius 2 is 1.87 bits per heavy atom. The lowest BCUT2D eigenvalue weighted by molar-refractivity contribution is -0.136. The number of carbonyl (C=O) groups is 1. The Labute approximate surface area is 136 Å². The molecule has 3 nitrogen and oxygen atoms in total. The molecule has 3 heteroatoms. The van der Waals surface area contributed by atoms with Crippen molar-refractivity contribution in [3.8, 4) is 0 Å². The number of carboxylic acids is 1. The molecule has 118 valence electrons. The molecule has 1 aromatic heterocycles. The molecule has 1 N–H and O–H groups in total. The van der Waals surface area contributed by atoms with Gasteiger partial charge in [0.15, 0.2) is 0 Å². The fourth-order valence-corrected chi connectivity index (χ4v) is 3.29. The van der Waals surface area contributed by atoms with Gasteiger partial charge in [-0.1, -0.05) is 48.9 Å². The van der Waals surface area contributed by atoms with Crippen molar-refractivity contribution in [1.82, 2.24) is 4.57 Å². The van der Waals surface area contributed by atoms with Crippen LogP contribution in [0.5, 0.6) is 0 Å². The topological polar surface area (TPSA) is 42.2 Å². The predicted octanol–water partition coefficient (Wildman–Crippen LogP) is 4.19. The molecule has 0 radical (unpaired) electrons. The summed E-state index contributed by atoms with van der Waals surface area (Å²) in [6, 6.07) is 16.6. The van der Waals surface area contributed by atoms with Crippen LogP contribution in [0.15, 0.2) is 48.5 Å². The van der Waals surface area contributed by atoms with E-state index in [9.17, 15) is 9.90 Å². The highest BCUT2D eigenvalue weighted by Crippen LogP contribution is 2.29. The van der Waals surface area contributed by atoms with E-state index in [1.165, 1.54) is 5.56 Å². The smallest absolute Gasteiger partial charge is 0.307 e. The quantitative estimate of drug-likeness (QED) is 0.768. The van der Waals surface area contributed by atoms with E-state index in [4.69, 9.17) is 0 Å². The molecule has 0 aliphatic heterocycles. The summed E-state index contributed by atoms with van der Waals surface area (Å²) < 4.78 is 2.27. The molecule has 0 saturated heterocycles. The van der Waals surface area contributed by atoms with Crippen LogP contribution in [0.4, 0.5) is 0 Å². The van der Waals surface area contributed by atoms with Crippen molar-refractivity contribution >= 4 is 16.9 Å². The van der Waals surface area contributed by atoms with Gasteiger partial charge in [-0.2, -0.15) is 0 Å². The minimum absolute atomic E-state index is 0.0743. The molecule has 3 aromatic rings. The number of nitrogens with zero attached hydrogens (tertiary/aromatic N) is 1. The lowest BCUT2D eigenvalue weighted by atomic mass is 10.0. The number of carboxylic acid groups (broad SMARTS) is 1. The van der Waals surface area contributed by atoms with Crippen LogP contribution in [0.2, 0.25) is 0 Å². The van der Waals surface area contributed by atoms with Crippen LogP contribution >= 0.6 is 0 Å². The summed E-state index contributed by atoms with van der Waals surface area (Å²) in [5.74, 6) is -0.778. The number of hydrogen-bond acceptors (Lipinski definition) is 1. The van der Waals surface area contributed by atoms with Crippen molar-refractivity contribution in [3.63, 3.8) is 0 Å². The average molecular weight is 307 g/mol. The first kappa shape index (κ1) is 15.3. The van der Waals surface area contributed by atoms with Gasteiger partial charge in [-0.05, 0) is 36.6 Å². The average Bonchev–Trinajstić information content (AvgIpc) is 2.80. The molecular weight excluding hydrogens is 286 g/mol. The molecule has 0 aliphatic carbocycles. The highest BCUT2D eigenvalue weighted by molar-refractivity contribution is 5.89. The lowest BCUT2D eigenvalue weighted by Crippen LogP contribution is -2.07. The third-order valence-electron chi connectivity index (χ3n) is 4.29. The number of aliphatic carboxylic acids is 1. The largest absolute Gasteiger partial charge is 0.481 e. The summed E-state index contributed by atoms with van der Waals surface area (Å²) in [7, 11) is 0. The maximum absolute atomic E-state index is 11.3. The Morgan fingerprint density at radius 1 is 1.13 bits per heavy atom. The van der Waals surface area contributed by atoms with Crippen LogP contribution in [0.1, 0.15) is 29.3 Å². The number of rotatable bonds is 5. The van der Waals surface area contributed by atoms with E-state index < -0.39 is 5.97 Å². The van der Waals surface area contributed by atoms with Gasteiger partial charge in [0.25, 0.3) is 0 Å². The second-order valence-electron chi connectivity index (χ2n) is 5.94. The number of aromatic nitrogens is 1. The molecule has 0 saturated carbocycles. The van der Waals surface area contributed by atoms with Gasteiger partial charge in [0.1, 0.15) is 0 Å². The Hall–Kier alpha value is -2.55. The molecule has 3 rings (SSSR count). The fraction of sp³-hybridized carbons (Fsp3) is 0.250. The van der Waals surface area contributed by atoms with Gasteiger partial charge in [-0.15, -0.1) is 0 Å². The molecule has 0 unspecified atom stereocenters. The monoisotopic (exact) mass is 307 g/mol. The Morgan fingerprint density at radius 3 is 2.52 bits per heavy atom. The summed E-state index contributed by atoms with van der Waals surface area (Å²) in [6.45, 7) is 4.90. The maximum atomic E-state index is 11.3. The van der Waals surface area contributed by atoms with Crippen LogP contribution in [0.3, 0.4) is 0 Å². The summed E-state index contributed by atoms with van der Waals surface area (Å²) in [5.41, 5.74) is 5.57. The zero-order chi connectivity index (χ0) is 16.4. The first-order chi connectivity index (χ1) is 11.1. The summed E-state index contributed by atoms with van der Waals surface area (Å²) in [6.07, 6.45) is 0.897. The van der Waals surface area contributed by atoms with Crippen LogP contribution in [0.25, 0.3) is 10.9 Å². The van der Waals surface area contributed by atoms with Crippen molar-refractivity contribution in [1.29, 1.82) is 0 Å². The standard InChI is InChI=1S/C20H21NO2/c1-3-18-17(12-20(22)23)16-11-14(2)9-10-19(16)21(18)13-15-7-5-4-6-8-15/h4-11H,3,12-13H2,1-2H3,(H,22,23). The van der Waals surface area contributed by atoms with Gasteiger partial charge in [-0.3, -0.25) is 4.79 Å². The number of fused-ring (bicyclic) bond motifs is 1. The Bertz CT molecular complexity index is 847. The van der Waals surface area contributed by atoms with Crippen LogP contribution in [-0.2, 0) is 24.2 Å². The van der Waals surface area contributed by atoms with Crippen molar-refractivity contribution in [2.24, 2.45) is 0 Å². The maximum Gasteiger partial charge on any atom is 0.307 e. The summed E-state index contributed by atoms with van der Waals surface area (Å²) in [4.78, 5) is 11.3. The lowest BCUT2D eigenvalue weighted by Gasteiger charge is -2.11. The zero-order valence-electron chi connectivity index (χ0n) is 13.5. The SMILES string of the molecule is CCc1c(CC(=O)O)c2cc(C)ccc2n1Cc1ccccc1. The summed E-state index contributed by atoms with van der Waals surface area (Å²) in [5, 5.41) is 10.4. The van der Waals surface area contributed by atoms with Crippen molar-refractivity contribution in [3.05, 3.63) is 70.9 Å². The minimum Gasteiger partial charge on any atom is -0.481 e. The van der Waals surface area contributed by atoms with Gasteiger partial charge in [0.2, 0.25) is 0 Å². The molecule has 0 atom stereocenters. The van der Waals surface area contributed by atoms with Crippen molar-refractivity contribution in [2.75, 3.05) is 0 Å². The van der Waals surface area contributed by atoms with Crippen LogP contribution < -0.4 is 0 Å². The van der Waals surface area contributed by atoms with Gasteiger partial charge in [0, 0.05) is 23.1 Å². The van der Waals surface area contributed by atoms with E-state index in [0.29, 0.717) is 0 Å². The van der Waals surface area contributed by atoms with E-state index in [1.54, 1.807) is 0 Å². The highest BCUT2D eigenvalue weighted by Gasteiger charge is 2.18. The Balaban J connectivity index is 2.21. The zero-order valence-corrected chi connectivity index (χ0v) is 13.5. The molecule has 23 heavy (non-hydrogen) atoms. The molecule has 0 bridgehead atoms. The first-order valence-corrected chi connectivity index (χ1v) is 7.96. The fourth-order valence-electron chi connectivity index (χ4n) is 3.29. The third-order valence-corrected chi connectivity index (χ3v) is 4.29. The Kier molecular flexibility index (Phi) is 4.20. The molecule has 0 aliphatic rings. The van der Waals surface area contributed by atoms with E-state index in [1.807, 2.05) is 25.1 Å². The number of benzene rings is 2. The normalized spacial score (nSPS) is 11.0. The van der Waals surface area contributed by atoms with Crippen molar-refractivity contribution < 1.29 is 9.90 Å². The van der Waals surface area contributed by atoms with E-state index in [2.05, 4.69) is 41.8 Å². The van der Waals surface area contributed by atoms with Crippen LogP contribution in [-0.4, -0.2) is 15.6 Å². The molecule has 2 aromatic carbocycles. The molecule has 1 heterocycles. The van der Waals surface area contributed by atoms with E-state index in [0.717, 1.165) is 40.7 Å². The minimum atomic E-state index is -0.778. The van der Waals surface area contributed by atoms with Gasteiger partial charge in [0.05, 0.1) is 6.42 Å². The third kappa shape index (κ3) is 3.00. The van der Waals surface area contributed by atoms with Crippen LogP contribution in [0, 0.1) is 6.92 Å². The summed E-state index contributed by atoms with van der Waals surface area (Å²) >= 11 is 0. The number of aryl methyl sites for hydroxylation is 1. The molecule has 0 spiro atoms.